The summed E-state index contributed by atoms with van der Waals surface area (Å²) in [6.45, 7) is 0.366. The number of rotatable bonds is 5. The second-order valence-corrected chi connectivity index (χ2v) is 9.28. The van der Waals surface area contributed by atoms with E-state index in [0.717, 1.165) is 27.8 Å². The maximum absolute atomic E-state index is 12.9. The molecule has 1 aliphatic heterocycles. The predicted molar refractivity (Wildman–Crippen MR) is 127 cm³/mol. The molecular formula is C27H21ClN2O3. The Bertz CT molecular complexity index is 1310. The smallest absolute Gasteiger partial charge is 0.254 e. The number of hydrogen-bond donors (Lipinski definition) is 0. The van der Waals surface area contributed by atoms with Crippen LogP contribution < -0.4 is 4.74 Å². The van der Waals surface area contributed by atoms with Gasteiger partial charge in [0.1, 0.15) is 12.4 Å². The molecule has 4 atom stereocenters. The summed E-state index contributed by atoms with van der Waals surface area (Å²) in [6.07, 6.45) is 6.53. The van der Waals surface area contributed by atoms with E-state index in [9.17, 15) is 9.59 Å². The number of hydrazone groups is 1. The van der Waals surface area contributed by atoms with Crippen LogP contribution in [-0.2, 0) is 16.2 Å². The van der Waals surface area contributed by atoms with Crippen molar-refractivity contribution in [1.29, 1.82) is 0 Å². The minimum Gasteiger partial charge on any atom is -0.488 e. The molecule has 6 rings (SSSR count). The van der Waals surface area contributed by atoms with Gasteiger partial charge in [0.25, 0.3) is 11.8 Å². The normalized spacial score (nSPS) is 25.5. The standard InChI is InChI=1S/C27H21ClN2O3/c28-21-10-11-23(33-15-19-6-3-5-16-4-1-2-7-22(16)19)20(13-21)14-29-30-26(31)24-17-8-9-18(12-17)25(24)27(30)32/h1-11,13-14,17-18,24-25H,12,15H2/t17-,18-,24-,25+/m0/s1. The van der Waals surface area contributed by atoms with E-state index in [2.05, 4.69) is 35.5 Å². The summed E-state index contributed by atoms with van der Waals surface area (Å²) in [5.41, 5.74) is 1.67. The van der Waals surface area contributed by atoms with Crippen LogP contribution in [0.15, 0.2) is 77.9 Å². The summed E-state index contributed by atoms with van der Waals surface area (Å²) in [6, 6.07) is 19.5. The van der Waals surface area contributed by atoms with E-state index in [1.165, 1.54) is 6.21 Å². The number of carbonyl (C=O) groups is 2. The first-order chi connectivity index (χ1) is 16.1. The van der Waals surface area contributed by atoms with Crippen molar-refractivity contribution < 1.29 is 14.3 Å². The first kappa shape index (κ1) is 20.2. The number of nitrogens with zero attached hydrogens (tertiary/aromatic N) is 2. The topological polar surface area (TPSA) is 59.0 Å². The minimum atomic E-state index is -0.272. The van der Waals surface area contributed by atoms with E-state index in [1.54, 1.807) is 18.2 Å². The van der Waals surface area contributed by atoms with Crippen molar-refractivity contribution in [3.05, 3.63) is 89.0 Å². The largest absolute Gasteiger partial charge is 0.488 e. The van der Waals surface area contributed by atoms with Crippen LogP contribution in [0.2, 0.25) is 5.02 Å². The fraction of sp³-hybridized carbons (Fsp3) is 0.222. The van der Waals surface area contributed by atoms with Gasteiger partial charge in [-0.3, -0.25) is 9.59 Å². The Morgan fingerprint density at radius 3 is 2.48 bits per heavy atom. The summed E-state index contributed by atoms with van der Waals surface area (Å²) in [5.74, 6) is -0.0733. The van der Waals surface area contributed by atoms with Gasteiger partial charge in [0, 0.05) is 10.6 Å². The van der Waals surface area contributed by atoms with Gasteiger partial charge in [-0.25, -0.2) is 0 Å². The van der Waals surface area contributed by atoms with Crippen LogP contribution in [-0.4, -0.2) is 23.0 Å². The fourth-order valence-electron chi connectivity index (χ4n) is 5.45. The summed E-state index contributed by atoms with van der Waals surface area (Å²) >= 11 is 6.22. The van der Waals surface area contributed by atoms with Gasteiger partial charge in [-0.1, -0.05) is 66.2 Å². The number of hydrogen-bond acceptors (Lipinski definition) is 4. The molecule has 0 radical (unpaired) electrons. The minimum absolute atomic E-state index is 0.155. The molecular weight excluding hydrogens is 436 g/mol. The molecule has 1 saturated carbocycles. The first-order valence-corrected chi connectivity index (χ1v) is 11.5. The molecule has 0 unspecified atom stereocenters. The lowest BCUT2D eigenvalue weighted by atomic mass is 9.85. The zero-order valence-corrected chi connectivity index (χ0v) is 18.5. The maximum atomic E-state index is 12.9. The van der Waals surface area contributed by atoms with Gasteiger partial charge in [-0.15, -0.1) is 0 Å². The van der Waals surface area contributed by atoms with E-state index in [-0.39, 0.29) is 35.5 Å². The van der Waals surface area contributed by atoms with Crippen LogP contribution in [0.25, 0.3) is 10.8 Å². The Morgan fingerprint density at radius 2 is 1.70 bits per heavy atom. The molecule has 3 aromatic carbocycles. The number of fused-ring (bicyclic) bond motifs is 6. The molecule has 3 aliphatic rings. The Morgan fingerprint density at radius 1 is 0.970 bits per heavy atom. The van der Waals surface area contributed by atoms with E-state index in [1.807, 2.05) is 24.3 Å². The lowest BCUT2D eigenvalue weighted by Crippen LogP contribution is -2.28. The molecule has 0 N–H and O–H groups in total. The van der Waals surface area contributed by atoms with Gasteiger partial charge in [0.15, 0.2) is 0 Å². The number of carbonyl (C=O) groups excluding carboxylic acids is 2. The lowest BCUT2D eigenvalue weighted by molar-refractivity contribution is -0.140. The zero-order chi connectivity index (χ0) is 22.5. The summed E-state index contributed by atoms with van der Waals surface area (Å²) < 4.78 is 6.13. The van der Waals surface area contributed by atoms with E-state index in [4.69, 9.17) is 16.3 Å². The lowest BCUT2D eigenvalue weighted by Gasteiger charge is -2.13. The summed E-state index contributed by atoms with van der Waals surface area (Å²) in [4.78, 5) is 25.8. The van der Waals surface area contributed by atoms with Gasteiger partial charge in [0.2, 0.25) is 0 Å². The third-order valence-corrected chi connectivity index (χ3v) is 7.23. The van der Waals surface area contributed by atoms with Gasteiger partial charge < -0.3 is 4.74 Å². The van der Waals surface area contributed by atoms with E-state index in [0.29, 0.717) is 22.9 Å². The molecule has 0 aromatic heterocycles. The van der Waals surface area contributed by atoms with Crippen molar-refractivity contribution >= 4 is 40.4 Å². The van der Waals surface area contributed by atoms with E-state index < -0.39 is 0 Å². The highest BCUT2D eigenvalue weighted by Crippen LogP contribution is 2.52. The van der Waals surface area contributed by atoms with Gasteiger partial charge >= 0.3 is 0 Å². The van der Waals surface area contributed by atoms with Crippen LogP contribution in [0.1, 0.15) is 17.5 Å². The molecule has 5 nitrogen and oxygen atoms in total. The molecule has 2 amide bonds. The molecule has 2 bridgehead atoms. The number of amides is 2. The van der Waals surface area contributed by atoms with Crippen molar-refractivity contribution in [3.63, 3.8) is 0 Å². The highest BCUT2D eigenvalue weighted by molar-refractivity contribution is 6.31. The zero-order valence-electron chi connectivity index (χ0n) is 17.7. The molecule has 6 heteroatoms. The van der Waals surface area contributed by atoms with Crippen molar-refractivity contribution in [1.82, 2.24) is 5.01 Å². The van der Waals surface area contributed by atoms with Crippen LogP contribution in [0.3, 0.4) is 0 Å². The average molecular weight is 457 g/mol. The SMILES string of the molecule is O=C1[C@@H]2[C@H](C(=O)N1N=Cc1cc(Cl)ccc1OCc1cccc3ccccc13)[C@H]1C=C[C@H]2C1. The molecule has 0 spiro atoms. The highest BCUT2D eigenvalue weighted by atomic mass is 35.5. The number of halogens is 1. The van der Waals surface area contributed by atoms with Gasteiger partial charge in [0.05, 0.1) is 18.1 Å². The van der Waals surface area contributed by atoms with Crippen molar-refractivity contribution in [3.8, 4) is 5.75 Å². The Labute approximate surface area is 196 Å². The Hall–Kier alpha value is -3.44. The Balaban J connectivity index is 1.25. The Kier molecular flexibility index (Phi) is 4.80. The molecule has 2 fully saturated rings. The molecule has 3 aromatic rings. The molecule has 1 heterocycles. The molecule has 164 valence electrons. The molecule has 33 heavy (non-hydrogen) atoms. The number of imide groups is 1. The van der Waals surface area contributed by atoms with Gasteiger partial charge in [-0.05, 0) is 52.8 Å². The average Bonchev–Trinajstić information content (AvgIpc) is 3.51. The number of ether oxygens (including phenoxy) is 1. The number of allylic oxidation sites excluding steroid dienone is 2. The fourth-order valence-corrected chi connectivity index (χ4v) is 5.63. The second kappa shape index (κ2) is 7.85. The third-order valence-electron chi connectivity index (χ3n) is 6.99. The van der Waals surface area contributed by atoms with E-state index >= 15 is 0 Å². The second-order valence-electron chi connectivity index (χ2n) is 8.84. The van der Waals surface area contributed by atoms with Crippen LogP contribution in [0, 0.1) is 23.7 Å². The van der Waals surface area contributed by atoms with Gasteiger partial charge in [-0.2, -0.15) is 10.1 Å². The highest BCUT2D eigenvalue weighted by Gasteiger charge is 2.59. The van der Waals surface area contributed by atoms with Crippen molar-refractivity contribution in [2.45, 2.75) is 13.0 Å². The van der Waals surface area contributed by atoms with Crippen LogP contribution in [0.5, 0.6) is 5.75 Å². The summed E-state index contributed by atoms with van der Waals surface area (Å²) in [5, 5.41) is 8.12. The number of benzene rings is 3. The molecule has 2 aliphatic carbocycles. The predicted octanol–water partition coefficient (Wildman–Crippen LogP) is 5.21. The van der Waals surface area contributed by atoms with Crippen molar-refractivity contribution in [2.24, 2.45) is 28.8 Å². The van der Waals surface area contributed by atoms with Crippen LogP contribution >= 0.6 is 11.6 Å². The van der Waals surface area contributed by atoms with Crippen molar-refractivity contribution in [2.75, 3.05) is 0 Å². The summed E-state index contributed by atoms with van der Waals surface area (Å²) in [7, 11) is 0. The molecule has 1 saturated heterocycles. The maximum Gasteiger partial charge on any atom is 0.254 e. The quantitative estimate of drug-likeness (QED) is 0.300. The van der Waals surface area contributed by atoms with Crippen LogP contribution in [0.4, 0.5) is 0 Å². The monoisotopic (exact) mass is 456 g/mol. The first-order valence-electron chi connectivity index (χ1n) is 11.1. The third kappa shape index (κ3) is 3.35.